The van der Waals surface area contributed by atoms with Crippen LogP contribution in [0.4, 0.5) is 4.39 Å². The van der Waals surface area contributed by atoms with Crippen LogP contribution in [-0.4, -0.2) is 0 Å². The fourth-order valence-corrected chi connectivity index (χ4v) is 2.47. The van der Waals surface area contributed by atoms with Crippen LogP contribution in [0.3, 0.4) is 0 Å². The Morgan fingerprint density at radius 2 is 1.56 bits per heavy atom. The molecule has 0 saturated heterocycles. The van der Waals surface area contributed by atoms with Gasteiger partial charge in [-0.2, -0.15) is 0 Å². The van der Waals surface area contributed by atoms with E-state index in [0.29, 0.717) is 6.54 Å². The van der Waals surface area contributed by atoms with Crippen molar-refractivity contribution in [2.24, 2.45) is 5.73 Å². The molecule has 2 aromatic carbocycles. The normalized spacial score (nSPS) is 10.7. The molecule has 0 fully saturated rings. The van der Waals surface area contributed by atoms with E-state index in [-0.39, 0.29) is 5.82 Å². The molecule has 0 atom stereocenters. The van der Waals surface area contributed by atoms with Crippen molar-refractivity contribution in [1.29, 1.82) is 0 Å². The van der Waals surface area contributed by atoms with Crippen LogP contribution in [0.2, 0.25) is 0 Å². The molecule has 2 heteroatoms. The second-order valence-electron chi connectivity index (χ2n) is 4.77. The molecule has 0 heterocycles. The van der Waals surface area contributed by atoms with Crippen LogP contribution in [0.1, 0.15) is 22.3 Å². The molecule has 0 aliphatic rings. The second-order valence-corrected chi connectivity index (χ2v) is 4.77. The van der Waals surface area contributed by atoms with E-state index in [0.717, 1.165) is 27.8 Å². The lowest BCUT2D eigenvalue weighted by molar-refractivity contribution is 0.625. The topological polar surface area (TPSA) is 26.0 Å². The first-order chi connectivity index (χ1) is 8.52. The number of rotatable bonds is 2. The fraction of sp³-hybridized carbons (Fsp3) is 0.250. The van der Waals surface area contributed by atoms with E-state index in [1.165, 1.54) is 5.56 Å². The minimum absolute atomic E-state index is 0.176. The van der Waals surface area contributed by atoms with Gasteiger partial charge in [-0.25, -0.2) is 4.39 Å². The van der Waals surface area contributed by atoms with Crippen LogP contribution in [0.15, 0.2) is 30.3 Å². The fourth-order valence-electron chi connectivity index (χ4n) is 2.47. The van der Waals surface area contributed by atoms with Gasteiger partial charge in [0.25, 0.3) is 0 Å². The van der Waals surface area contributed by atoms with E-state index in [4.69, 9.17) is 5.73 Å². The van der Waals surface area contributed by atoms with Crippen LogP contribution >= 0.6 is 0 Å². The molecule has 1 nitrogen and oxygen atoms in total. The highest BCUT2D eigenvalue weighted by Crippen LogP contribution is 2.31. The zero-order valence-electron chi connectivity index (χ0n) is 11.0. The first-order valence-electron chi connectivity index (χ1n) is 6.09. The number of nitrogens with two attached hydrogens (primary N) is 1. The number of hydrogen-bond acceptors (Lipinski definition) is 1. The maximum absolute atomic E-state index is 13.3. The highest BCUT2D eigenvalue weighted by molar-refractivity contribution is 5.73. The van der Waals surface area contributed by atoms with Crippen LogP contribution in [0.5, 0.6) is 0 Å². The minimum Gasteiger partial charge on any atom is -0.326 e. The summed E-state index contributed by atoms with van der Waals surface area (Å²) >= 11 is 0. The highest BCUT2D eigenvalue weighted by atomic mass is 19.1. The third-order valence-corrected chi connectivity index (χ3v) is 3.29. The van der Waals surface area contributed by atoms with Gasteiger partial charge in [0, 0.05) is 6.54 Å². The van der Waals surface area contributed by atoms with Crippen LogP contribution in [-0.2, 0) is 6.54 Å². The molecule has 18 heavy (non-hydrogen) atoms. The minimum atomic E-state index is -0.176. The molecule has 0 amide bonds. The molecule has 0 aliphatic heterocycles. The summed E-state index contributed by atoms with van der Waals surface area (Å²) in [4.78, 5) is 0. The lowest BCUT2D eigenvalue weighted by atomic mass is 9.91. The Morgan fingerprint density at radius 1 is 0.944 bits per heavy atom. The Balaban J connectivity index is 2.62. The number of hydrogen-bond donors (Lipinski definition) is 1. The van der Waals surface area contributed by atoms with Gasteiger partial charge in [-0.3, -0.25) is 0 Å². The molecule has 94 valence electrons. The predicted molar refractivity (Wildman–Crippen MR) is 73.9 cm³/mol. The van der Waals surface area contributed by atoms with Crippen LogP contribution < -0.4 is 5.73 Å². The molecular formula is C16H18FN. The van der Waals surface area contributed by atoms with Gasteiger partial charge in [0.1, 0.15) is 5.82 Å². The smallest absolute Gasteiger partial charge is 0.123 e. The molecule has 2 rings (SSSR count). The van der Waals surface area contributed by atoms with E-state index >= 15 is 0 Å². The Hall–Kier alpha value is -1.67. The van der Waals surface area contributed by atoms with Crippen molar-refractivity contribution in [2.45, 2.75) is 27.3 Å². The summed E-state index contributed by atoms with van der Waals surface area (Å²) in [5.41, 5.74) is 12.1. The molecule has 0 aliphatic carbocycles. The van der Waals surface area contributed by atoms with Crippen LogP contribution in [0.25, 0.3) is 11.1 Å². The van der Waals surface area contributed by atoms with Gasteiger partial charge in [0.15, 0.2) is 0 Å². The number of benzene rings is 2. The van der Waals surface area contributed by atoms with Crippen molar-refractivity contribution in [1.82, 2.24) is 0 Å². The van der Waals surface area contributed by atoms with E-state index in [9.17, 15) is 4.39 Å². The lowest BCUT2D eigenvalue weighted by Crippen LogP contribution is -1.98. The number of halogens is 1. The summed E-state index contributed by atoms with van der Waals surface area (Å²) in [6.45, 7) is 6.50. The third kappa shape index (κ3) is 2.29. The first kappa shape index (κ1) is 12.8. The van der Waals surface area contributed by atoms with Crippen molar-refractivity contribution < 1.29 is 4.39 Å². The van der Waals surface area contributed by atoms with Crippen molar-refractivity contribution in [3.63, 3.8) is 0 Å². The highest BCUT2D eigenvalue weighted by Gasteiger charge is 2.10. The lowest BCUT2D eigenvalue weighted by Gasteiger charge is -2.14. The van der Waals surface area contributed by atoms with Gasteiger partial charge in [-0.15, -0.1) is 0 Å². The van der Waals surface area contributed by atoms with Crippen molar-refractivity contribution in [3.05, 3.63) is 58.4 Å². The Kier molecular flexibility index (Phi) is 3.48. The zero-order valence-corrected chi connectivity index (χ0v) is 11.0. The van der Waals surface area contributed by atoms with E-state index in [2.05, 4.69) is 19.1 Å². The molecule has 0 unspecified atom stereocenters. The maximum Gasteiger partial charge on any atom is 0.123 e. The molecule has 2 aromatic rings. The van der Waals surface area contributed by atoms with Crippen molar-refractivity contribution in [2.75, 3.05) is 0 Å². The predicted octanol–water partition coefficient (Wildman–Crippen LogP) is 3.88. The average Bonchev–Trinajstić information content (AvgIpc) is 2.29. The Bertz CT molecular complexity index is 565. The van der Waals surface area contributed by atoms with Gasteiger partial charge >= 0.3 is 0 Å². The standard InChI is InChI=1S/C16H18FN/c1-10-6-13(9-18)4-5-15(10)16-11(2)7-14(17)8-12(16)3/h4-8H,9,18H2,1-3H3. The van der Waals surface area contributed by atoms with Gasteiger partial charge < -0.3 is 5.73 Å². The van der Waals surface area contributed by atoms with Gasteiger partial charge in [0.2, 0.25) is 0 Å². The molecule has 0 bridgehead atoms. The Morgan fingerprint density at radius 3 is 2.06 bits per heavy atom. The molecule has 2 N–H and O–H groups in total. The molecule has 0 aromatic heterocycles. The van der Waals surface area contributed by atoms with Gasteiger partial charge in [0.05, 0.1) is 0 Å². The Labute approximate surface area is 107 Å². The maximum atomic E-state index is 13.3. The summed E-state index contributed by atoms with van der Waals surface area (Å²) in [7, 11) is 0. The van der Waals surface area contributed by atoms with Gasteiger partial charge in [-0.1, -0.05) is 18.2 Å². The summed E-state index contributed by atoms with van der Waals surface area (Å²) in [5.74, 6) is -0.176. The third-order valence-electron chi connectivity index (χ3n) is 3.29. The molecular weight excluding hydrogens is 225 g/mol. The average molecular weight is 243 g/mol. The zero-order chi connectivity index (χ0) is 13.3. The summed E-state index contributed by atoms with van der Waals surface area (Å²) < 4.78 is 13.3. The largest absolute Gasteiger partial charge is 0.326 e. The first-order valence-corrected chi connectivity index (χ1v) is 6.09. The monoisotopic (exact) mass is 243 g/mol. The molecule has 0 radical (unpaired) electrons. The second kappa shape index (κ2) is 4.91. The molecule has 0 saturated carbocycles. The summed E-state index contributed by atoms with van der Waals surface area (Å²) in [5, 5.41) is 0. The van der Waals surface area contributed by atoms with Crippen molar-refractivity contribution >= 4 is 0 Å². The number of aryl methyl sites for hydroxylation is 3. The van der Waals surface area contributed by atoms with Crippen LogP contribution in [0, 0.1) is 26.6 Å². The molecule has 0 spiro atoms. The summed E-state index contributed by atoms with van der Waals surface area (Å²) in [6.07, 6.45) is 0. The van der Waals surface area contributed by atoms with E-state index < -0.39 is 0 Å². The van der Waals surface area contributed by atoms with E-state index in [1.807, 2.05) is 19.9 Å². The summed E-state index contributed by atoms with van der Waals surface area (Å²) in [6, 6.07) is 9.37. The van der Waals surface area contributed by atoms with Crippen molar-refractivity contribution in [3.8, 4) is 11.1 Å². The quantitative estimate of drug-likeness (QED) is 0.851. The van der Waals surface area contributed by atoms with Gasteiger partial charge in [-0.05, 0) is 66.3 Å². The SMILES string of the molecule is Cc1cc(CN)ccc1-c1c(C)cc(F)cc1C. The van der Waals surface area contributed by atoms with E-state index in [1.54, 1.807) is 12.1 Å².